The molecule has 0 heterocycles. The summed E-state index contributed by atoms with van der Waals surface area (Å²) in [6.07, 6.45) is 14.0. The second-order valence-electron chi connectivity index (χ2n) is 11.8. The number of rotatable bonds is 5. The second kappa shape index (κ2) is 6.34. The molecule has 8 fully saturated rings. The van der Waals surface area contributed by atoms with Crippen molar-refractivity contribution in [3.8, 4) is 0 Å². The van der Waals surface area contributed by atoms with E-state index >= 15 is 0 Å². The van der Waals surface area contributed by atoms with E-state index in [1.165, 1.54) is 38.5 Å². The molecule has 8 bridgehead atoms. The van der Waals surface area contributed by atoms with Crippen LogP contribution in [0.2, 0.25) is 0 Å². The summed E-state index contributed by atoms with van der Waals surface area (Å²) in [7, 11) is 0. The number of ether oxygens (including phenoxy) is 2. The van der Waals surface area contributed by atoms with Gasteiger partial charge in [0.2, 0.25) is 0 Å². The van der Waals surface area contributed by atoms with Crippen LogP contribution in [0.3, 0.4) is 0 Å². The fourth-order valence-corrected chi connectivity index (χ4v) is 9.11. The first-order valence-corrected chi connectivity index (χ1v) is 12.0. The molecule has 0 saturated heterocycles. The van der Waals surface area contributed by atoms with Crippen molar-refractivity contribution in [3.05, 3.63) is 12.2 Å². The highest BCUT2D eigenvalue weighted by atomic mass is 16.6. The summed E-state index contributed by atoms with van der Waals surface area (Å²) in [6, 6.07) is 0. The quantitative estimate of drug-likeness (QED) is 0.485. The van der Waals surface area contributed by atoms with Crippen LogP contribution in [0.25, 0.3) is 0 Å². The first-order chi connectivity index (χ1) is 13.9. The Labute approximate surface area is 173 Å². The highest BCUT2D eigenvalue weighted by Crippen LogP contribution is 2.58. The molecule has 0 N–H and O–H groups in total. The molecule has 0 unspecified atom stereocenters. The van der Waals surface area contributed by atoms with Crippen LogP contribution >= 0.6 is 0 Å². The fourth-order valence-electron chi connectivity index (χ4n) is 9.11. The lowest BCUT2D eigenvalue weighted by molar-refractivity contribution is -0.189. The van der Waals surface area contributed by atoms with Crippen molar-refractivity contribution in [3.63, 3.8) is 0 Å². The average Bonchev–Trinajstić information content (AvgIpc) is 2.58. The number of carbonyl (C=O) groups is 2. The molecule has 29 heavy (non-hydrogen) atoms. The zero-order chi connectivity index (χ0) is 19.8. The summed E-state index contributed by atoms with van der Waals surface area (Å²) >= 11 is 0. The van der Waals surface area contributed by atoms with Crippen LogP contribution in [0.1, 0.15) is 83.5 Å². The minimum absolute atomic E-state index is 0.0209. The SMILES string of the molecule is C=C(CC(=O)OC12CC3CC(CC(C3)C1)C2)C(=O)OC12CC3CC(CC(C3)C1)C2. The van der Waals surface area contributed by atoms with Gasteiger partial charge >= 0.3 is 11.9 Å². The zero-order valence-electron chi connectivity index (χ0n) is 17.5. The van der Waals surface area contributed by atoms with Gasteiger partial charge in [-0.05, 0) is 113 Å². The summed E-state index contributed by atoms with van der Waals surface area (Å²) in [5, 5.41) is 0. The molecular weight excluding hydrogens is 364 g/mol. The smallest absolute Gasteiger partial charge is 0.334 e. The predicted octanol–water partition coefficient (Wildman–Crippen LogP) is 4.96. The second-order valence-corrected chi connectivity index (χ2v) is 11.8. The Morgan fingerprint density at radius 3 is 1.38 bits per heavy atom. The fraction of sp³-hybridized carbons (Fsp3) is 0.840. The van der Waals surface area contributed by atoms with Crippen molar-refractivity contribution in [2.24, 2.45) is 35.5 Å². The highest BCUT2D eigenvalue weighted by Gasteiger charge is 2.54. The lowest BCUT2D eigenvalue weighted by Crippen LogP contribution is -2.53. The molecular formula is C25H34O4. The Hall–Kier alpha value is -1.32. The van der Waals surface area contributed by atoms with E-state index in [1.54, 1.807) is 0 Å². The molecule has 0 radical (unpaired) electrons. The van der Waals surface area contributed by atoms with Crippen LogP contribution in [-0.4, -0.2) is 23.1 Å². The van der Waals surface area contributed by atoms with E-state index in [2.05, 4.69) is 6.58 Å². The first-order valence-electron chi connectivity index (χ1n) is 12.0. The lowest BCUT2D eigenvalue weighted by atomic mass is 9.54. The predicted molar refractivity (Wildman–Crippen MR) is 108 cm³/mol. The summed E-state index contributed by atoms with van der Waals surface area (Å²) < 4.78 is 12.1. The maximum atomic E-state index is 12.8. The molecule has 0 aliphatic heterocycles. The van der Waals surface area contributed by atoms with Gasteiger partial charge in [0.05, 0.1) is 6.42 Å². The third kappa shape index (κ3) is 3.25. The van der Waals surface area contributed by atoms with Gasteiger partial charge in [-0.1, -0.05) is 6.58 Å². The number of carbonyl (C=O) groups excluding carboxylic acids is 2. The molecule has 0 aromatic carbocycles. The maximum Gasteiger partial charge on any atom is 0.334 e. The van der Waals surface area contributed by atoms with E-state index in [0.29, 0.717) is 0 Å². The topological polar surface area (TPSA) is 52.6 Å². The molecule has 4 heteroatoms. The van der Waals surface area contributed by atoms with Crippen molar-refractivity contribution in [1.82, 2.24) is 0 Å². The molecule has 8 saturated carbocycles. The standard InChI is InChI=1S/C25H34O4/c1-15(23(27)29-25-12-19-6-20(13-25)8-21(7-19)14-25)2-22(26)28-24-9-16-3-17(10-24)5-18(4-16)11-24/h16-21H,1-14H2. The van der Waals surface area contributed by atoms with Crippen molar-refractivity contribution < 1.29 is 19.1 Å². The number of hydrogen-bond donors (Lipinski definition) is 0. The van der Waals surface area contributed by atoms with Gasteiger partial charge in [-0.25, -0.2) is 4.79 Å². The maximum absolute atomic E-state index is 12.8. The van der Waals surface area contributed by atoms with Gasteiger partial charge in [0.25, 0.3) is 0 Å². The molecule has 8 rings (SSSR count). The third-order valence-corrected chi connectivity index (χ3v) is 9.25. The Morgan fingerprint density at radius 2 is 1.00 bits per heavy atom. The van der Waals surface area contributed by atoms with Gasteiger partial charge in [-0.15, -0.1) is 0 Å². The van der Waals surface area contributed by atoms with Crippen LogP contribution in [0.5, 0.6) is 0 Å². The van der Waals surface area contributed by atoms with Gasteiger partial charge in [0, 0.05) is 5.57 Å². The van der Waals surface area contributed by atoms with E-state index in [4.69, 9.17) is 9.47 Å². The minimum Gasteiger partial charge on any atom is -0.459 e. The lowest BCUT2D eigenvalue weighted by Gasteiger charge is -2.56. The molecule has 8 aliphatic rings. The molecule has 158 valence electrons. The van der Waals surface area contributed by atoms with Crippen LogP contribution in [0, 0.1) is 35.5 Å². The van der Waals surface area contributed by atoms with Crippen molar-refractivity contribution in [2.75, 3.05) is 0 Å². The van der Waals surface area contributed by atoms with Gasteiger partial charge in [-0.3, -0.25) is 4.79 Å². The van der Waals surface area contributed by atoms with E-state index in [-0.39, 0.29) is 35.1 Å². The normalized spacial score (nSPS) is 48.6. The highest BCUT2D eigenvalue weighted by molar-refractivity contribution is 5.93. The van der Waals surface area contributed by atoms with Crippen LogP contribution in [0.4, 0.5) is 0 Å². The summed E-state index contributed by atoms with van der Waals surface area (Å²) in [4.78, 5) is 25.5. The van der Waals surface area contributed by atoms with Crippen molar-refractivity contribution >= 4 is 11.9 Å². The Kier molecular flexibility index (Phi) is 4.03. The summed E-state index contributed by atoms with van der Waals surface area (Å²) in [5.41, 5.74) is -0.260. The van der Waals surface area contributed by atoms with Crippen molar-refractivity contribution in [2.45, 2.75) is 94.7 Å². The van der Waals surface area contributed by atoms with Gasteiger partial charge in [0.1, 0.15) is 11.2 Å². The van der Waals surface area contributed by atoms with E-state index in [0.717, 1.165) is 74.0 Å². The molecule has 8 aliphatic carbocycles. The number of esters is 2. The van der Waals surface area contributed by atoms with Crippen LogP contribution in [-0.2, 0) is 19.1 Å². The molecule has 4 nitrogen and oxygen atoms in total. The monoisotopic (exact) mass is 398 g/mol. The molecule has 0 atom stereocenters. The first kappa shape index (κ1) is 18.4. The number of hydrogen-bond acceptors (Lipinski definition) is 4. The zero-order valence-corrected chi connectivity index (χ0v) is 17.5. The van der Waals surface area contributed by atoms with Crippen molar-refractivity contribution in [1.29, 1.82) is 0 Å². The Balaban J connectivity index is 1.06. The molecule has 0 aromatic rings. The van der Waals surface area contributed by atoms with Crippen LogP contribution < -0.4 is 0 Å². The molecule has 0 spiro atoms. The van der Waals surface area contributed by atoms with E-state index < -0.39 is 0 Å². The minimum atomic E-state index is -0.366. The Bertz CT molecular complexity index is 679. The Morgan fingerprint density at radius 1 is 0.655 bits per heavy atom. The van der Waals surface area contributed by atoms with E-state index in [9.17, 15) is 9.59 Å². The summed E-state index contributed by atoms with van der Waals surface area (Å²) in [5.74, 6) is 3.74. The largest absolute Gasteiger partial charge is 0.459 e. The van der Waals surface area contributed by atoms with E-state index in [1.807, 2.05) is 0 Å². The van der Waals surface area contributed by atoms with Gasteiger partial charge < -0.3 is 9.47 Å². The average molecular weight is 399 g/mol. The van der Waals surface area contributed by atoms with Gasteiger partial charge in [0.15, 0.2) is 0 Å². The molecule has 0 amide bonds. The summed E-state index contributed by atoms with van der Waals surface area (Å²) in [6.45, 7) is 3.91. The molecule has 0 aromatic heterocycles. The van der Waals surface area contributed by atoms with Gasteiger partial charge in [-0.2, -0.15) is 0 Å². The van der Waals surface area contributed by atoms with Crippen LogP contribution in [0.15, 0.2) is 12.2 Å². The third-order valence-electron chi connectivity index (χ3n) is 9.25.